The lowest BCUT2D eigenvalue weighted by molar-refractivity contribution is -0.103. The molecule has 1 N–H and O–H groups in total. The zero-order valence-electron chi connectivity index (χ0n) is 12.3. The van der Waals surface area contributed by atoms with Crippen molar-refractivity contribution in [3.8, 4) is 0 Å². The van der Waals surface area contributed by atoms with Crippen LogP contribution in [-0.4, -0.2) is 18.2 Å². The quantitative estimate of drug-likeness (QED) is 0.833. The van der Waals surface area contributed by atoms with E-state index in [1.807, 2.05) is 12.1 Å². The number of ether oxygens (including phenoxy) is 1. The maximum atomic E-state index is 6.33. The number of anilines is 1. The Hall–Kier alpha value is -0.730. The fourth-order valence-electron chi connectivity index (χ4n) is 3.71. The van der Waals surface area contributed by atoms with Crippen LogP contribution in [0.5, 0.6) is 0 Å². The van der Waals surface area contributed by atoms with Crippen molar-refractivity contribution in [1.82, 2.24) is 0 Å². The Morgan fingerprint density at radius 2 is 2.05 bits per heavy atom. The minimum Gasteiger partial charge on any atom is -0.381 e. The highest BCUT2D eigenvalue weighted by atomic mass is 35.5. The van der Waals surface area contributed by atoms with Gasteiger partial charge in [-0.15, -0.1) is 0 Å². The number of hydrogen-bond donors (Lipinski definition) is 1. The third-order valence-corrected chi connectivity index (χ3v) is 5.14. The molecule has 1 aromatic carbocycles. The Balaban J connectivity index is 1.71. The molecule has 1 unspecified atom stereocenters. The second-order valence-corrected chi connectivity index (χ2v) is 6.77. The normalized spacial score (nSPS) is 25.6. The molecule has 2 fully saturated rings. The molecule has 0 aromatic heterocycles. The van der Waals surface area contributed by atoms with Gasteiger partial charge in [-0.1, -0.05) is 43.0 Å². The Bertz CT molecular complexity index is 442. The van der Waals surface area contributed by atoms with Crippen molar-refractivity contribution in [3.63, 3.8) is 0 Å². The zero-order valence-corrected chi connectivity index (χ0v) is 13.0. The number of benzene rings is 1. The molecule has 1 heterocycles. The summed E-state index contributed by atoms with van der Waals surface area (Å²) in [5.74, 6) is 0. The molecule has 2 aliphatic rings. The summed E-state index contributed by atoms with van der Waals surface area (Å²) in [6.07, 6.45) is 8.66. The van der Waals surface area contributed by atoms with E-state index in [1.165, 1.54) is 37.7 Å². The molecule has 0 bridgehead atoms. The second kappa shape index (κ2) is 5.95. The molecule has 1 aromatic rings. The van der Waals surface area contributed by atoms with Crippen molar-refractivity contribution in [2.24, 2.45) is 0 Å². The van der Waals surface area contributed by atoms with E-state index in [2.05, 4.69) is 18.3 Å². The molecule has 3 heteroatoms. The number of hydrogen-bond acceptors (Lipinski definition) is 2. The molecule has 1 aliphatic heterocycles. The van der Waals surface area contributed by atoms with Crippen LogP contribution >= 0.6 is 11.6 Å². The van der Waals surface area contributed by atoms with E-state index in [0.717, 1.165) is 30.2 Å². The van der Waals surface area contributed by atoms with E-state index in [1.54, 1.807) is 0 Å². The molecule has 2 nitrogen and oxygen atoms in total. The van der Waals surface area contributed by atoms with Gasteiger partial charge in [-0.25, -0.2) is 0 Å². The number of rotatable bonds is 2. The molecule has 1 atom stereocenters. The van der Waals surface area contributed by atoms with Crippen LogP contribution in [0.15, 0.2) is 18.2 Å². The molecule has 1 saturated heterocycles. The van der Waals surface area contributed by atoms with Gasteiger partial charge in [0.05, 0.1) is 16.3 Å². The van der Waals surface area contributed by atoms with Crippen molar-refractivity contribution in [2.75, 3.05) is 11.9 Å². The van der Waals surface area contributed by atoms with Crippen LogP contribution in [-0.2, 0) is 4.74 Å². The minimum absolute atomic E-state index is 0.142. The lowest BCUT2D eigenvalue weighted by Gasteiger charge is -2.44. The summed E-state index contributed by atoms with van der Waals surface area (Å²) in [5, 5.41) is 4.51. The molecule has 1 aliphatic carbocycles. The molecule has 3 rings (SSSR count). The van der Waals surface area contributed by atoms with Gasteiger partial charge in [0.25, 0.3) is 0 Å². The standard InChI is InChI=1S/C17H24ClNO/c1-13-6-5-7-15(18)16(13)19-14-8-11-20-17(12-14)9-3-2-4-10-17/h5-7,14,19H,2-4,8-12H2,1H3. The van der Waals surface area contributed by atoms with Crippen LogP contribution in [0.2, 0.25) is 5.02 Å². The van der Waals surface area contributed by atoms with Crippen LogP contribution in [0.4, 0.5) is 5.69 Å². The maximum absolute atomic E-state index is 6.33. The Kier molecular flexibility index (Phi) is 4.23. The van der Waals surface area contributed by atoms with Crippen LogP contribution in [0.25, 0.3) is 0 Å². The van der Waals surface area contributed by atoms with Crippen molar-refractivity contribution in [2.45, 2.75) is 63.5 Å². The van der Waals surface area contributed by atoms with E-state index in [0.29, 0.717) is 6.04 Å². The number of para-hydroxylation sites is 1. The molecule has 0 radical (unpaired) electrons. The monoisotopic (exact) mass is 293 g/mol. The minimum atomic E-state index is 0.142. The van der Waals surface area contributed by atoms with Crippen LogP contribution in [0, 0.1) is 6.92 Å². The molecule has 20 heavy (non-hydrogen) atoms. The van der Waals surface area contributed by atoms with Gasteiger partial charge in [0.15, 0.2) is 0 Å². The van der Waals surface area contributed by atoms with Crippen LogP contribution in [0.3, 0.4) is 0 Å². The largest absolute Gasteiger partial charge is 0.381 e. The van der Waals surface area contributed by atoms with Gasteiger partial charge < -0.3 is 10.1 Å². The van der Waals surface area contributed by atoms with Crippen LogP contribution in [0.1, 0.15) is 50.5 Å². The first kappa shape index (κ1) is 14.2. The van der Waals surface area contributed by atoms with Gasteiger partial charge in [-0.2, -0.15) is 0 Å². The Morgan fingerprint density at radius 1 is 1.25 bits per heavy atom. The fourth-order valence-corrected chi connectivity index (χ4v) is 3.99. The SMILES string of the molecule is Cc1cccc(Cl)c1NC1CCOC2(CCCCC2)C1. The summed E-state index contributed by atoms with van der Waals surface area (Å²) in [6.45, 7) is 2.99. The predicted molar refractivity (Wildman–Crippen MR) is 84.6 cm³/mol. The van der Waals surface area contributed by atoms with Crippen molar-refractivity contribution < 1.29 is 4.74 Å². The first-order valence-electron chi connectivity index (χ1n) is 7.84. The van der Waals surface area contributed by atoms with Gasteiger partial charge in [0, 0.05) is 12.6 Å². The van der Waals surface area contributed by atoms with Crippen molar-refractivity contribution in [3.05, 3.63) is 28.8 Å². The lowest BCUT2D eigenvalue weighted by Crippen LogP contribution is -2.45. The molecule has 1 saturated carbocycles. The highest BCUT2D eigenvalue weighted by Gasteiger charge is 2.38. The summed E-state index contributed by atoms with van der Waals surface area (Å²) in [7, 11) is 0. The number of aryl methyl sites for hydroxylation is 1. The third kappa shape index (κ3) is 2.96. The maximum Gasteiger partial charge on any atom is 0.0702 e. The van der Waals surface area contributed by atoms with Gasteiger partial charge >= 0.3 is 0 Å². The second-order valence-electron chi connectivity index (χ2n) is 6.36. The highest BCUT2D eigenvalue weighted by Crippen LogP contribution is 2.40. The van der Waals surface area contributed by atoms with E-state index in [4.69, 9.17) is 16.3 Å². The summed E-state index contributed by atoms with van der Waals surface area (Å²) in [5.41, 5.74) is 2.47. The Labute approximate surface area is 126 Å². The van der Waals surface area contributed by atoms with Gasteiger partial charge in [-0.05, 0) is 44.2 Å². The lowest BCUT2D eigenvalue weighted by atomic mass is 9.78. The summed E-state index contributed by atoms with van der Waals surface area (Å²) >= 11 is 6.33. The van der Waals surface area contributed by atoms with E-state index >= 15 is 0 Å². The number of halogens is 1. The van der Waals surface area contributed by atoms with Gasteiger partial charge in [-0.3, -0.25) is 0 Å². The molecule has 0 amide bonds. The average Bonchev–Trinajstić information content (AvgIpc) is 2.44. The highest BCUT2D eigenvalue weighted by molar-refractivity contribution is 6.33. The zero-order chi connectivity index (χ0) is 14.0. The number of nitrogens with one attached hydrogen (secondary N) is 1. The van der Waals surface area contributed by atoms with Crippen LogP contribution < -0.4 is 5.32 Å². The third-order valence-electron chi connectivity index (χ3n) is 4.83. The first-order chi connectivity index (χ1) is 9.69. The van der Waals surface area contributed by atoms with E-state index in [-0.39, 0.29) is 5.60 Å². The molecular weight excluding hydrogens is 270 g/mol. The molecule has 110 valence electrons. The smallest absolute Gasteiger partial charge is 0.0702 e. The van der Waals surface area contributed by atoms with Gasteiger partial charge in [0.2, 0.25) is 0 Å². The first-order valence-corrected chi connectivity index (χ1v) is 8.22. The van der Waals surface area contributed by atoms with Crippen molar-refractivity contribution >= 4 is 17.3 Å². The van der Waals surface area contributed by atoms with Crippen molar-refractivity contribution in [1.29, 1.82) is 0 Å². The fraction of sp³-hybridized carbons (Fsp3) is 0.647. The van der Waals surface area contributed by atoms with E-state index < -0.39 is 0 Å². The predicted octanol–water partition coefficient (Wildman–Crippen LogP) is 4.94. The summed E-state index contributed by atoms with van der Waals surface area (Å²) < 4.78 is 6.16. The summed E-state index contributed by atoms with van der Waals surface area (Å²) in [4.78, 5) is 0. The van der Waals surface area contributed by atoms with E-state index in [9.17, 15) is 0 Å². The average molecular weight is 294 g/mol. The molecular formula is C17H24ClNO. The van der Waals surface area contributed by atoms with Gasteiger partial charge in [0.1, 0.15) is 0 Å². The topological polar surface area (TPSA) is 21.3 Å². The molecule has 1 spiro atoms. The summed E-state index contributed by atoms with van der Waals surface area (Å²) in [6, 6.07) is 6.58. The Morgan fingerprint density at radius 3 is 2.80 bits per heavy atom.